The third kappa shape index (κ3) is 1.10. The van der Waals surface area contributed by atoms with Crippen LogP contribution in [0.5, 0.6) is 0 Å². The van der Waals surface area contributed by atoms with Crippen molar-refractivity contribution in [1.82, 2.24) is 0 Å². The lowest BCUT2D eigenvalue weighted by Crippen LogP contribution is -2.02. The van der Waals surface area contributed by atoms with Gasteiger partial charge in [0, 0.05) is 0 Å². The molecule has 0 aromatic carbocycles. The standard InChI is InChI=1S/C7H5N3O/c1-2-4-6-7(5-3-1)11-10-9-8-6/h1-5H. The van der Waals surface area contributed by atoms with E-state index in [0.717, 1.165) is 0 Å². The molecule has 0 saturated carbocycles. The molecule has 4 nitrogen and oxygen atoms in total. The highest BCUT2D eigenvalue weighted by molar-refractivity contribution is 6.07. The van der Waals surface area contributed by atoms with Crippen molar-refractivity contribution >= 4 is 5.71 Å². The fourth-order valence-electron chi connectivity index (χ4n) is 0.810. The number of hydrogen-bond donors (Lipinski definition) is 0. The van der Waals surface area contributed by atoms with Crippen LogP contribution in [-0.2, 0) is 4.84 Å². The zero-order valence-electron chi connectivity index (χ0n) is 5.64. The lowest BCUT2D eigenvalue weighted by Gasteiger charge is -2.03. The van der Waals surface area contributed by atoms with E-state index >= 15 is 0 Å². The SMILES string of the molecule is C1=CC=C2ON=NN=C2C=C1. The first-order chi connectivity index (χ1) is 5.47. The molecule has 11 heavy (non-hydrogen) atoms. The van der Waals surface area contributed by atoms with Crippen molar-refractivity contribution < 1.29 is 4.84 Å². The van der Waals surface area contributed by atoms with Crippen molar-refractivity contribution in [2.24, 2.45) is 15.6 Å². The Morgan fingerprint density at radius 3 is 3.18 bits per heavy atom. The van der Waals surface area contributed by atoms with Crippen LogP contribution in [0.1, 0.15) is 0 Å². The molecule has 0 N–H and O–H groups in total. The fraction of sp³-hybridized carbons (Fsp3) is 0. The lowest BCUT2D eigenvalue weighted by atomic mass is 10.3. The molecule has 4 heteroatoms. The predicted molar refractivity (Wildman–Crippen MR) is 39.7 cm³/mol. The Kier molecular flexibility index (Phi) is 1.37. The van der Waals surface area contributed by atoms with Gasteiger partial charge >= 0.3 is 0 Å². The number of allylic oxidation sites excluding steroid dienone is 5. The van der Waals surface area contributed by atoms with Crippen LogP contribution in [0.3, 0.4) is 0 Å². The van der Waals surface area contributed by atoms with E-state index in [-0.39, 0.29) is 0 Å². The van der Waals surface area contributed by atoms with Crippen molar-refractivity contribution in [3.05, 3.63) is 36.1 Å². The molecule has 54 valence electrons. The summed E-state index contributed by atoms with van der Waals surface area (Å²) in [7, 11) is 0. The van der Waals surface area contributed by atoms with Crippen molar-refractivity contribution in [2.75, 3.05) is 0 Å². The van der Waals surface area contributed by atoms with Crippen LogP contribution >= 0.6 is 0 Å². The average Bonchev–Trinajstić information content (AvgIpc) is 2.28. The molecule has 0 aromatic heterocycles. The van der Waals surface area contributed by atoms with Gasteiger partial charge in [0.2, 0.25) is 0 Å². The van der Waals surface area contributed by atoms with Gasteiger partial charge in [-0.1, -0.05) is 18.2 Å². The minimum atomic E-state index is 0.630. The van der Waals surface area contributed by atoms with E-state index in [4.69, 9.17) is 4.84 Å². The Morgan fingerprint density at radius 1 is 1.18 bits per heavy atom. The highest BCUT2D eigenvalue weighted by atomic mass is 16.7. The Labute approximate surface area is 63.2 Å². The van der Waals surface area contributed by atoms with Gasteiger partial charge in [0.15, 0.2) is 5.76 Å². The molecule has 0 radical (unpaired) electrons. The largest absolute Gasteiger partial charge is 0.336 e. The number of rotatable bonds is 0. The van der Waals surface area contributed by atoms with E-state index in [2.05, 4.69) is 15.6 Å². The monoisotopic (exact) mass is 147 g/mol. The quantitative estimate of drug-likeness (QED) is 0.514. The first kappa shape index (κ1) is 6.03. The summed E-state index contributed by atoms with van der Waals surface area (Å²) in [5, 5.41) is 10.4. The molecule has 0 atom stereocenters. The molecule has 1 aliphatic carbocycles. The van der Waals surface area contributed by atoms with E-state index in [1.165, 1.54) is 0 Å². The maximum atomic E-state index is 4.85. The van der Waals surface area contributed by atoms with Crippen molar-refractivity contribution in [3.8, 4) is 0 Å². The molecule has 0 unspecified atom stereocenters. The Morgan fingerprint density at radius 2 is 2.18 bits per heavy atom. The molecule has 2 rings (SSSR count). The maximum absolute atomic E-state index is 4.85. The van der Waals surface area contributed by atoms with E-state index in [0.29, 0.717) is 11.5 Å². The Hall–Kier alpha value is -1.71. The molecule has 0 saturated heterocycles. The van der Waals surface area contributed by atoms with Gasteiger partial charge in [0.25, 0.3) is 0 Å². The second-order valence-corrected chi connectivity index (χ2v) is 2.02. The number of fused-ring (bicyclic) bond motifs is 1. The van der Waals surface area contributed by atoms with Gasteiger partial charge in [0.1, 0.15) is 5.71 Å². The van der Waals surface area contributed by atoms with Crippen LogP contribution in [-0.4, -0.2) is 5.71 Å². The topological polar surface area (TPSA) is 46.3 Å². The van der Waals surface area contributed by atoms with Crippen LogP contribution < -0.4 is 0 Å². The highest BCUT2D eigenvalue weighted by Gasteiger charge is 2.09. The summed E-state index contributed by atoms with van der Waals surface area (Å²) in [6.45, 7) is 0. The first-order valence-electron chi connectivity index (χ1n) is 3.17. The van der Waals surface area contributed by atoms with Crippen LogP contribution in [0.25, 0.3) is 0 Å². The molecule has 0 bridgehead atoms. The van der Waals surface area contributed by atoms with Gasteiger partial charge in [-0.15, -0.1) is 5.10 Å². The van der Waals surface area contributed by atoms with Gasteiger partial charge in [-0.2, -0.15) is 0 Å². The predicted octanol–water partition coefficient (Wildman–Crippen LogP) is 1.75. The van der Waals surface area contributed by atoms with E-state index in [1.807, 2.05) is 24.3 Å². The van der Waals surface area contributed by atoms with E-state index < -0.39 is 0 Å². The van der Waals surface area contributed by atoms with E-state index in [9.17, 15) is 0 Å². The minimum Gasteiger partial charge on any atom is -0.336 e. The zero-order valence-corrected chi connectivity index (χ0v) is 5.64. The average molecular weight is 147 g/mol. The second kappa shape index (κ2) is 2.49. The van der Waals surface area contributed by atoms with Crippen molar-refractivity contribution in [2.45, 2.75) is 0 Å². The first-order valence-corrected chi connectivity index (χ1v) is 3.17. The molecule has 0 spiro atoms. The van der Waals surface area contributed by atoms with Crippen molar-refractivity contribution in [3.63, 3.8) is 0 Å². The highest BCUT2D eigenvalue weighted by Crippen LogP contribution is 2.11. The van der Waals surface area contributed by atoms with Crippen LogP contribution in [0.2, 0.25) is 0 Å². The molecule has 0 amide bonds. The van der Waals surface area contributed by atoms with Gasteiger partial charge in [-0.3, -0.25) is 0 Å². The van der Waals surface area contributed by atoms with Gasteiger partial charge < -0.3 is 4.84 Å². The molecule has 0 fully saturated rings. The van der Waals surface area contributed by atoms with Crippen molar-refractivity contribution in [1.29, 1.82) is 0 Å². The number of nitrogens with zero attached hydrogens (tertiary/aromatic N) is 3. The molecule has 1 aliphatic heterocycles. The second-order valence-electron chi connectivity index (χ2n) is 2.02. The smallest absolute Gasteiger partial charge is 0.187 e. The summed E-state index contributed by atoms with van der Waals surface area (Å²) in [6, 6.07) is 0. The summed E-state index contributed by atoms with van der Waals surface area (Å²) < 4.78 is 0. The Bertz CT molecular complexity index is 310. The summed E-state index contributed by atoms with van der Waals surface area (Å²) in [5.41, 5.74) is 0.699. The van der Waals surface area contributed by atoms with Gasteiger partial charge in [-0.05, 0) is 17.4 Å². The normalized spacial score (nSPS) is 19.6. The third-order valence-corrected chi connectivity index (χ3v) is 1.30. The molecule has 2 aliphatic rings. The van der Waals surface area contributed by atoms with Crippen LogP contribution in [0.4, 0.5) is 0 Å². The van der Waals surface area contributed by atoms with Crippen LogP contribution in [0, 0.1) is 0 Å². The van der Waals surface area contributed by atoms with Gasteiger partial charge in [-0.25, -0.2) is 0 Å². The van der Waals surface area contributed by atoms with E-state index in [1.54, 1.807) is 6.08 Å². The zero-order chi connectivity index (χ0) is 7.52. The molecule has 0 aromatic rings. The molecular formula is C7H5N3O. The lowest BCUT2D eigenvalue weighted by molar-refractivity contribution is 0.211. The summed E-state index contributed by atoms with van der Waals surface area (Å²) in [5.74, 6) is 0.630. The van der Waals surface area contributed by atoms with Crippen LogP contribution in [0.15, 0.2) is 51.7 Å². The number of hydrogen-bond acceptors (Lipinski definition) is 4. The fourth-order valence-corrected chi connectivity index (χ4v) is 0.810. The maximum Gasteiger partial charge on any atom is 0.187 e. The molecule has 1 heterocycles. The Balaban J connectivity index is 2.44. The summed E-state index contributed by atoms with van der Waals surface area (Å²) >= 11 is 0. The van der Waals surface area contributed by atoms with Gasteiger partial charge in [0.05, 0.1) is 5.28 Å². The summed E-state index contributed by atoms with van der Waals surface area (Å²) in [4.78, 5) is 4.85. The molecular weight excluding hydrogens is 142 g/mol. The summed E-state index contributed by atoms with van der Waals surface area (Å²) in [6.07, 6.45) is 9.21. The minimum absolute atomic E-state index is 0.630. The third-order valence-electron chi connectivity index (χ3n) is 1.30.